The summed E-state index contributed by atoms with van der Waals surface area (Å²) in [6, 6.07) is 1.78. The number of phenols is 1. The van der Waals surface area contributed by atoms with Gasteiger partial charge in [0.25, 0.3) is 0 Å². The monoisotopic (exact) mass is 243 g/mol. The van der Waals surface area contributed by atoms with E-state index in [1.54, 1.807) is 6.07 Å². The van der Waals surface area contributed by atoms with Crippen LogP contribution in [0.3, 0.4) is 0 Å². The maximum atomic E-state index is 9.51. The van der Waals surface area contributed by atoms with Crippen molar-refractivity contribution in [3.8, 4) is 5.75 Å². The number of nitrogens with one attached hydrogen (secondary N) is 1. The van der Waals surface area contributed by atoms with Gasteiger partial charge in [-0.05, 0) is 59.6 Å². The van der Waals surface area contributed by atoms with Gasteiger partial charge in [-0.3, -0.25) is 0 Å². The maximum Gasteiger partial charge on any atom is 0.130 e. The predicted molar refractivity (Wildman–Crippen MR) is 58.0 cm³/mol. The van der Waals surface area contributed by atoms with E-state index in [0.29, 0.717) is 5.75 Å². The average Bonchev–Trinajstić information content (AvgIpc) is 2.09. The molecule has 0 atom stereocenters. The van der Waals surface area contributed by atoms with Crippen molar-refractivity contribution in [2.45, 2.75) is 20.4 Å². The van der Waals surface area contributed by atoms with E-state index < -0.39 is 0 Å². The number of benzene rings is 1. The molecule has 0 radical (unpaired) electrons. The van der Waals surface area contributed by atoms with Gasteiger partial charge in [0.15, 0.2) is 0 Å². The second kappa shape index (κ2) is 4.11. The van der Waals surface area contributed by atoms with E-state index >= 15 is 0 Å². The Bertz CT molecular complexity index is 323. The zero-order valence-corrected chi connectivity index (χ0v) is 9.70. The molecule has 2 N–H and O–H groups in total. The van der Waals surface area contributed by atoms with Crippen LogP contribution >= 0.6 is 15.9 Å². The third-order valence-corrected chi connectivity index (χ3v) is 3.19. The Morgan fingerprint density at radius 1 is 1.46 bits per heavy atom. The lowest BCUT2D eigenvalue weighted by Crippen LogP contribution is -2.08. The van der Waals surface area contributed by atoms with E-state index in [2.05, 4.69) is 21.2 Å². The van der Waals surface area contributed by atoms with Crippen LogP contribution in [0.2, 0.25) is 0 Å². The molecule has 0 unspecified atom stereocenters. The standard InChI is InChI=1S/C10H14BrNO/c1-6-4-9(13)10(11)7(2)8(6)5-12-3/h4,12-13H,5H2,1-3H3. The molecule has 0 aliphatic rings. The highest BCUT2D eigenvalue weighted by molar-refractivity contribution is 9.10. The quantitative estimate of drug-likeness (QED) is 0.837. The molecule has 0 aliphatic heterocycles. The SMILES string of the molecule is CNCc1c(C)cc(O)c(Br)c1C. The van der Waals surface area contributed by atoms with Crippen molar-refractivity contribution in [2.24, 2.45) is 0 Å². The van der Waals surface area contributed by atoms with Crippen molar-refractivity contribution >= 4 is 15.9 Å². The van der Waals surface area contributed by atoms with Crippen molar-refractivity contribution in [3.63, 3.8) is 0 Å². The molecular weight excluding hydrogens is 230 g/mol. The summed E-state index contributed by atoms with van der Waals surface area (Å²) in [6.45, 7) is 4.84. The lowest BCUT2D eigenvalue weighted by atomic mass is 10.0. The summed E-state index contributed by atoms with van der Waals surface area (Å²) in [6.07, 6.45) is 0. The lowest BCUT2D eigenvalue weighted by molar-refractivity contribution is 0.470. The summed E-state index contributed by atoms with van der Waals surface area (Å²) in [5, 5.41) is 12.6. The van der Waals surface area contributed by atoms with Crippen LogP contribution in [0.25, 0.3) is 0 Å². The average molecular weight is 244 g/mol. The van der Waals surface area contributed by atoms with Gasteiger partial charge in [0.1, 0.15) is 5.75 Å². The van der Waals surface area contributed by atoms with Gasteiger partial charge in [0.2, 0.25) is 0 Å². The van der Waals surface area contributed by atoms with E-state index in [4.69, 9.17) is 0 Å². The largest absolute Gasteiger partial charge is 0.507 e. The van der Waals surface area contributed by atoms with Crippen LogP contribution in [0, 0.1) is 13.8 Å². The third-order valence-electron chi connectivity index (χ3n) is 2.19. The summed E-state index contributed by atoms with van der Waals surface area (Å²) < 4.78 is 0.795. The first kappa shape index (κ1) is 10.5. The molecule has 0 aromatic heterocycles. The smallest absolute Gasteiger partial charge is 0.130 e. The Balaban J connectivity index is 3.26. The Labute approximate surface area is 87.1 Å². The number of rotatable bonds is 2. The van der Waals surface area contributed by atoms with Gasteiger partial charge in [-0.2, -0.15) is 0 Å². The highest BCUT2D eigenvalue weighted by Gasteiger charge is 2.09. The Morgan fingerprint density at radius 2 is 2.08 bits per heavy atom. The minimum absolute atomic E-state index is 0.315. The lowest BCUT2D eigenvalue weighted by Gasteiger charge is -2.12. The highest BCUT2D eigenvalue weighted by Crippen LogP contribution is 2.31. The molecule has 0 saturated heterocycles. The number of hydrogen-bond donors (Lipinski definition) is 2. The van der Waals surface area contributed by atoms with Crippen molar-refractivity contribution in [2.75, 3.05) is 7.05 Å². The van der Waals surface area contributed by atoms with Crippen LogP contribution in [-0.4, -0.2) is 12.2 Å². The summed E-state index contributed by atoms with van der Waals surface area (Å²) in [5.74, 6) is 0.315. The summed E-state index contributed by atoms with van der Waals surface area (Å²) >= 11 is 3.36. The van der Waals surface area contributed by atoms with E-state index in [9.17, 15) is 5.11 Å². The Kier molecular flexibility index (Phi) is 3.33. The zero-order chi connectivity index (χ0) is 10.0. The molecule has 72 valence electrons. The first-order valence-electron chi connectivity index (χ1n) is 4.20. The van der Waals surface area contributed by atoms with Crippen molar-refractivity contribution in [1.82, 2.24) is 5.32 Å². The Hall–Kier alpha value is -0.540. The van der Waals surface area contributed by atoms with Gasteiger partial charge in [-0.25, -0.2) is 0 Å². The van der Waals surface area contributed by atoms with E-state index in [0.717, 1.165) is 22.1 Å². The van der Waals surface area contributed by atoms with Gasteiger partial charge in [0, 0.05) is 6.54 Å². The van der Waals surface area contributed by atoms with Gasteiger partial charge < -0.3 is 10.4 Å². The number of hydrogen-bond acceptors (Lipinski definition) is 2. The van der Waals surface area contributed by atoms with Crippen LogP contribution in [0.15, 0.2) is 10.5 Å². The molecule has 0 bridgehead atoms. The highest BCUT2D eigenvalue weighted by atomic mass is 79.9. The normalized spacial score (nSPS) is 10.5. The number of phenolic OH excluding ortho intramolecular Hbond substituents is 1. The predicted octanol–water partition coefficient (Wildman–Crippen LogP) is 2.49. The molecule has 1 aromatic rings. The van der Waals surface area contributed by atoms with Crippen molar-refractivity contribution < 1.29 is 5.11 Å². The van der Waals surface area contributed by atoms with Crippen LogP contribution in [0.5, 0.6) is 5.75 Å². The van der Waals surface area contributed by atoms with Gasteiger partial charge in [-0.15, -0.1) is 0 Å². The summed E-state index contributed by atoms with van der Waals surface area (Å²) in [5.41, 5.74) is 3.46. The fourth-order valence-electron chi connectivity index (χ4n) is 1.42. The van der Waals surface area contributed by atoms with E-state index in [-0.39, 0.29) is 0 Å². The molecule has 1 aromatic carbocycles. The van der Waals surface area contributed by atoms with Gasteiger partial charge in [0.05, 0.1) is 4.47 Å². The van der Waals surface area contributed by atoms with Gasteiger partial charge >= 0.3 is 0 Å². The van der Waals surface area contributed by atoms with E-state index in [1.807, 2.05) is 20.9 Å². The van der Waals surface area contributed by atoms with Crippen LogP contribution in [0.4, 0.5) is 0 Å². The first-order valence-corrected chi connectivity index (χ1v) is 4.99. The number of aryl methyl sites for hydroxylation is 1. The topological polar surface area (TPSA) is 32.3 Å². The zero-order valence-electron chi connectivity index (χ0n) is 8.11. The molecule has 3 heteroatoms. The maximum absolute atomic E-state index is 9.51. The first-order chi connectivity index (χ1) is 6.07. The molecule has 0 amide bonds. The molecule has 2 nitrogen and oxygen atoms in total. The molecule has 0 heterocycles. The minimum Gasteiger partial charge on any atom is -0.507 e. The summed E-state index contributed by atoms with van der Waals surface area (Å²) in [7, 11) is 1.92. The molecule has 0 spiro atoms. The number of halogens is 1. The third kappa shape index (κ3) is 2.03. The minimum atomic E-state index is 0.315. The molecule has 0 fully saturated rings. The molecule has 1 rings (SSSR count). The van der Waals surface area contributed by atoms with E-state index in [1.165, 1.54) is 5.56 Å². The fraction of sp³-hybridized carbons (Fsp3) is 0.400. The second-order valence-electron chi connectivity index (χ2n) is 3.16. The summed E-state index contributed by atoms with van der Waals surface area (Å²) in [4.78, 5) is 0. The van der Waals surface area contributed by atoms with Crippen molar-refractivity contribution in [3.05, 3.63) is 27.2 Å². The number of aromatic hydroxyl groups is 1. The Morgan fingerprint density at radius 3 is 2.62 bits per heavy atom. The molecule has 0 saturated carbocycles. The van der Waals surface area contributed by atoms with Crippen LogP contribution < -0.4 is 5.32 Å². The molecule has 13 heavy (non-hydrogen) atoms. The van der Waals surface area contributed by atoms with Crippen LogP contribution in [-0.2, 0) is 6.54 Å². The second-order valence-corrected chi connectivity index (χ2v) is 3.95. The van der Waals surface area contributed by atoms with Gasteiger partial charge in [-0.1, -0.05) is 0 Å². The fourth-order valence-corrected chi connectivity index (χ4v) is 1.78. The molecular formula is C10H14BrNO. The van der Waals surface area contributed by atoms with Crippen molar-refractivity contribution in [1.29, 1.82) is 0 Å². The molecule has 0 aliphatic carbocycles. The van der Waals surface area contributed by atoms with Crippen LogP contribution in [0.1, 0.15) is 16.7 Å².